The van der Waals surface area contributed by atoms with Crippen molar-refractivity contribution in [2.75, 3.05) is 18.2 Å². The van der Waals surface area contributed by atoms with E-state index in [0.717, 1.165) is 25.7 Å². The first kappa shape index (κ1) is 16.2. The number of halogens is 1. The van der Waals surface area contributed by atoms with Gasteiger partial charge in [0, 0.05) is 12.4 Å². The largest absolute Gasteiger partial charge is 0.215 e. The number of alkyl halides is 1. The van der Waals surface area contributed by atoms with Crippen molar-refractivity contribution >= 4 is 21.6 Å². The number of unbranched alkanes of at least 4 members (excludes halogenated alkanes) is 2. The molecule has 0 atom stereocenters. The van der Waals surface area contributed by atoms with Gasteiger partial charge in [-0.2, -0.15) is 0 Å². The van der Waals surface area contributed by atoms with Crippen LogP contribution in [-0.2, 0) is 10.0 Å². The van der Waals surface area contributed by atoms with Gasteiger partial charge in [-0.25, -0.2) is 13.1 Å². The van der Waals surface area contributed by atoms with Crippen LogP contribution in [0, 0.1) is 5.92 Å². The first-order valence-electron chi connectivity index (χ1n) is 6.01. The summed E-state index contributed by atoms with van der Waals surface area (Å²) < 4.78 is 25.5. The SMILES string of the molecule is CC(C)CCCCNS(=O)(=O)CCCCCl. The molecule has 0 rings (SSSR count). The summed E-state index contributed by atoms with van der Waals surface area (Å²) in [5, 5.41) is 0. The summed E-state index contributed by atoms with van der Waals surface area (Å²) in [7, 11) is -3.06. The maximum Gasteiger partial charge on any atom is 0.211 e. The van der Waals surface area contributed by atoms with Gasteiger partial charge in [-0.1, -0.05) is 26.7 Å². The Morgan fingerprint density at radius 2 is 1.81 bits per heavy atom. The van der Waals surface area contributed by atoms with Gasteiger partial charge in [-0.3, -0.25) is 0 Å². The third-order valence-electron chi connectivity index (χ3n) is 2.33. The predicted molar refractivity (Wildman–Crippen MR) is 70.4 cm³/mol. The van der Waals surface area contributed by atoms with Crippen LogP contribution in [0.15, 0.2) is 0 Å². The Kier molecular flexibility index (Phi) is 9.37. The molecule has 16 heavy (non-hydrogen) atoms. The molecule has 0 aliphatic heterocycles. The molecule has 0 unspecified atom stereocenters. The monoisotopic (exact) mass is 269 g/mol. The van der Waals surface area contributed by atoms with Crippen LogP contribution in [0.5, 0.6) is 0 Å². The van der Waals surface area contributed by atoms with Crippen molar-refractivity contribution < 1.29 is 8.42 Å². The minimum absolute atomic E-state index is 0.198. The van der Waals surface area contributed by atoms with Crippen LogP contribution in [0.1, 0.15) is 46.0 Å². The smallest absolute Gasteiger partial charge is 0.211 e. The molecule has 0 aromatic rings. The molecule has 0 saturated heterocycles. The number of nitrogens with one attached hydrogen (secondary N) is 1. The van der Waals surface area contributed by atoms with E-state index in [2.05, 4.69) is 18.6 Å². The molecule has 3 nitrogen and oxygen atoms in total. The Balaban J connectivity index is 3.51. The van der Waals surface area contributed by atoms with Crippen molar-refractivity contribution in [1.82, 2.24) is 4.72 Å². The number of rotatable bonds is 10. The third kappa shape index (κ3) is 10.7. The minimum Gasteiger partial charge on any atom is -0.215 e. The quantitative estimate of drug-likeness (QED) is 0.490. The maximum atomic E-state index is 11.4. The van der Waals surface area contributed by atoms with Crippen LogP contribution < -0.4 is 4.72 Å². The summed E-state index contributed by atoms with van der Waals surface area (Å²) in [5.74, 6) is 1.42. The van der Waals surface area contributed by atoms with Gasteiger partial charge in [0.25, 0.3) is 0 Å². The lowest BCUT2D eigenvalue weighted by Crippen LogP contribution is -2.27. The van der Waals surface area contributed by atoms with E-state index in [9.17, 15) is 8.42 Å². The topological polar surface area (TPSA) is 46.2 Å². The van der Waals surface area contributed by atoms with Gasteiger partial charge >= 0.3 is 0 Å². The molecule has 0 saturated carbocycles. The standard InChI is InChI=1S/C11H24ClNO2S/c1-11(2)7-3-5-9-13-16(14,15)10-6-4-8-12/h11,13H,3-10H2,1-2H3. The number of hydrogen-bond donors (Lipinski definition) is 1. The highest BCUT2D eigenvalue weighted by atomic mass is 35.5. The zero-order valence-electron chi connectivity index (χ0n) is 10.3. The normalized spacial score (nSPS) is 12.2. The zero-order valence-corrected chi connectivity index (χ0v) is 11.9. The lowest BCUT2D eigenvalue weighted by atomic mass is 10.1. The average molecular weight is 270 g/mol. The summed E-state index contributed by atoms with van der Waals surface area (Å²) in [6.45, 7) is 4.92. The fourth-order valence-corrected chi connectivity index (χ4v) is 2.74. The van der Waals surface area contributed by atoms with E-state index in [1.807, 2.05) is 0 Å². The molecule has 0 heterocycles. The highest BCUT2D eigenvalue weighted by molar-refractivity contribution is 7.89. The molecular formula is C11H24ClNO2S. The molecule has 0 amide bonds. The van der Waals surface area contributed by atoms with Crippen molar-refractivity contribution in [2.24, 2.45) is 5.92 Å². The summed E-state index contributed by atoms with van der Waals surface area (Å²) in [6.07, 6.45) is 4.57. The minimum atomic E-state index is -3.06. The van der Waals surface area contributed by atoms with Crippen molar-refractivity contribution in [3.05, 3.63) is 0 Å². The molecule has 0 spiro atoms. The molecule has 1 N–H and O–H groups in total. The molecule has 5 heteroatoms. The summed E-state index contributed by atoms with van der Waals surface area (Å²) in [4.78, 5) is 0. The van der Waals surface area contributed by atoms with E-state index in [4.69, 9.17) is 11.6 Å². The van der Waals surface area contributed by atoms with Crippen LogP contribution in [0.4, 0.5) is 0 Å². The van der Waals surface area contributed by atoms with Gasteiger partial charge in [-0.15, -0.1) is 11.6 Å². The Hall–Kier alpha value is 0.200. The Morgan fingerprint density at radius 3 is 2.38 bits per heavy atom. The molecule has 98 valence electrons. The zero-order chi connectivity index (χ0) is 12.4. The van der Waals surface area contributed by atoms with Gasteiger partial charge in [0.2, 0.25) is 10.0 Å². The Bertz CT molecular complexity index is 253. The van der Waals surface area contributed by atoms with Crippen molar-refractivity contribution in [3.8, 4) is 0 Å². The van der Waals surface area contributed by atoms with E-state index in [0.29, 0.717) is 24.8 Å². The molecule has 0 aliphatic rings. The average Bonchev–Trinajstić information content (AvgIpc) is 2.16. The molecule has 0 aromatic heterocycles. The first-order chi connectivity index (χ1) is 7.48. The molecular weight excluding hydrogens is 246 g/mol. The molecule has 0 bridgehead atoms. The Labute approximate surface area is 105 Å². The Morgan fingerprint density at radius 1 is 1.12 bits per heavy atom. The highest BCUT2D eigenvalue weighted by Crippen LogP contribution is 2.05. The van der Waals surface area contributed by atoms with E-state index in [-0.39, 0.29) is 5.75 Å². The van der Waals surface area contributed by atoms with E-state index in [1.165, 1.54) is 0 Å². The van der Waals surface area contributed by atoms with E-state index < -0.39 is 10.0 Å². The highest BCUT2D eigenvalue weighted by Gasteiger charge is 2.08. The van der Waals surface area contributed by atoms with Crippen molar-refractivity contribution in [3.63, 3.8) is 0 Å². The van der Waals surface area contributed by atoms with Gasteiger partial charge in [0.15, 0.2) is 0 Å². The lowest BCUT2D eigenvalue weighted by Gasteiger charge is -2.07. The number of sulfonamides is 1. The van der Waals surface area contributed by atoms with Crippen LogP contribution in [0.25, 0.3) is 0 Å². The summed E-state index contributed by atoms with van der Waals surface area (Å²) >= 11 is 5.49. The van der Waals surface area contributed by atoms with Crippen LogP contribution in [0.3, 0.4) is 0 Å². The predicted octanol–water partition coefficient (Wildman–Crippen LogP) is 2.75. The third-order valence-corrected chi connectivity index (χ3v) is 4.06. The van der Waals surface area contributed by atoms with Crippen LogP contribution in [-0.4, -0.2) is 26.6 Å². The lowest BCUT2D eigenvalue weighted by molar-refractivity contribution is 0.530. The van der Waals surface area contributed by atoms with Crippen molar-refractivity contribution in [2.45, 2.75) is 46.0 Å². The van der Waals surface area contributed by atoms with Crippen molar-refractivity contribution in [1.29, 1.82) is 0 Å². The molecule has 0 aromatic carbocycles. The van der Waals surface area contributed by atoms with E-state index >= 15 is 0 Å². The fourth-order valence-electron chi connectivity index (χ4n) is 1.36. The summed E-state index contributed by atoms with van der Waals surface area (Å²) in [5.41, 5.74) is 0. The van der Waals surface area contributed by atoms with Crippen LogP contribution in [0.2, 0.25) is 0 Å². The first-order valence-corrected chi connectivity index (χ1v) is 8.20. The molecule has 0 aliphatic carbocycles. The van der Waals surface area contributed by atoms with E-state index in [1.54, 1.807) is 0 Å². The second-order valence-electron chi connectivity index (χ2n) is 4.50. The van der Waals surface area contributed by atoms with Gasteiger partial charge in [-0.05, 0) is 25.2 Å². The molecule has 0 fully saturated rings. The molecule has 0 radical (unpaired) electrons. The number of hydrogen-bond acceptors (Lipinski definition) is 2. The fraction of sp³-hybridized carbons (Fsp3) is 1.00. The summed E-state index contributed by atoms with van der Waals surface area (Å²) in [6, 6.07) is 0. The second-order valence-corrected chi connectivity index (χ2v) is 6.80. The second kappa shape index (κ2) is 9.25. The maximum absolute atomic E-state index is 11.4. The van der Waals surface area contributed by atoms with Gasteiger partial charge in [0.1, 0.15) is 0 Å². The van der Waals surface area contributed by atoms with Gasteiger partial charge < -0.3 is 0 Å². The van der Waals surface area contributed by atoms with Gasteiger partial charge in [0.05, 0.1) is 5.75 Å². The van der Waals surface area contributed by atoms with Crippen LogP contribution >= 0.6 is 11.6 Å².